The summed E-state index contributed by atoms with van der Waals surface area (Å²) in [7, 11) is 1.61. The first-order valence-electron chi connectivity index (χ1n) is 6.86. The summed E-state index contributed by atoms with van der Waals surface area (Å²) in [5, 5.41) is 12.7. The molecule has 1 aromatic carbocycles. The molecule has 0 unspecified atom stereocenters. The maximum Gasteiger partial charge on any atom is 0.244 e. The molecule has 1 fully saturated rings. The number of carbonyl (C=O) groups is 1. The van der Waals surface area contributed by atoms with Crippen molar-refractivity contribution in [3.63, 3.8) is 0 Å². The number of allylic oxidation sites excluding steroid dienone is 1. The van der Waals surface area contributed by atoms with E-state index < -0.39 is 5.60 Å². The van der Waals surface area contributed by atoms with Crippen molar-refractivity contribution in [2.24, 2.45) is 0 Å². The van der Waals surface area contributed by atoms with Gasteiger partial charge in [0.1, 0.15) is 5.75 Å². The van der Waals surface area contributed by atoms with Crippen molar-refractivity contribution in [2.75, 3.05) is 13.7 Å². The van der Waals surface area contributed by atoms with Gasteiger partial charge in [0.25, 0.3) is 0 Å². The summed E-state index contributed by atoms with van der Waals surface area (Å²) in [4.78, 5) is 11.9. The molecule has 1 aromatic rings. The number of nitrogens with one attached hydrogen (secondary N) is 1. The van der Waals surface area contributed by atoms with Crippen molar-refractivity contribution in [3.05, 3.63) is 35.9 Å². The smallest absolute Gasteiger partial charge is 0.244 e. The van der Waals surface area contributed by atoms with E-state index >= 15 is 0 Å². The van der Waals surface area contributed by atoms with Gasteiger partial charge in [0, 0.05) is 18.2 Å². The number of benzene rings is 1. The average molecular weight is 275 g/mol. The van der Waals surface area contributed by atoms with Crippen molar-refractivity contribution in [3.8, 4) is 5.75 Å². The third kappa shape index (κ3) is 3.39. The molecule has 4 heteroatoms. The van der Waals surface area contributed by atoms with E-state index in [4.69, 9.17) is 4.74 Å². The molecule has 1 aliphatic rings. The van der Waals surface area contributed by atoms with Gasteiger partial charge in [-0.1, -0.05) is 18.2 Å². The van der Waals surface area contributed by atoms with Gasteiger partial charge < -0.3 is 15.2 Å². The molecule has 20 heavy (non-hydrogen) atoms. The maximum absolute atomic E-state index is 11.9. The van der Waals surface area contributed by atoms with Gasteiger partial charge in [-0.2, -0.15) is 0 Å². The predicted molar refractivity (Wildman–Crippen MR) is 78.5 cm³/mol. The Morgan fingerprint density at radius 3 is 2.75 bits per heavy atom. The van der Waals surface area contributed by atoms with E-state index in [0.717, 1.165) is 36.1 Å². The molecule has 1 aliphatic carbocycles. The summed E-state index contributed by atoms with van der Waals surface area (Å²) in [5.41, 5.74) is 1.04. The molecule has 0 atom stereocenters. The van der Waals surface area contributed by atoms with Gasteiger partial charge in [0.05, 0.1) is 12.7 Å². The largest absolute Gasteiger partial charge is 0.496 e. The lowest BCUT2D eigenvalue weighted by molar-refractivity contribution is -0.118. The monoisotopic (exact) mass is 275 g/mol. The zero-order valence-corrected chi connectivity index (χ0v) is 12.0. The molecule has 0 heterocycles. The van der Waals surface area contributed by atoms with Crippen LogP contribution < -0.4 is 10.1 Å². The number of amides is 1. The van der Waals surface area contributed by atoms with Crippen LogP contribution in [0, 0.1) is 0 Å². The SMILES string of the molecule is COc1ccccc1C(C)=CC(=O)NCC1(O)CCC1. The topological polar surface area (TPSA) is 58.6 Å². The molecule has 0 bridgehead atoms. The van der Waals surface area contributed by atoms with E-state index in [1.807, 2.05) is 31.2 Å². The van der Waals surface area contributed by atoms with Crippen molar-refractivity contribution in [1.29, 1.82) is 0 Å². The van der Waals surface area contributed by atoms with Gasteiger partial charge in [0.2, 0.25) is 5.91 Å². The normalized spacial score (nSPS) is 17.2. The quantitative estimate of drug-likeness (QED) is 0.809. The van der Waals surface area contributed by atoms with Crippen LogP contribution in [0.1, 0.15) is 31.7 Å². The Kier molecular flexibility index (Phi) is 4.45. The number of para-hydroxylation sites is 1. The summed E-state index contributed by atoms with van der Waals surface area (Å²) in [6.07, 6.45) is 4.10. The van der Waals surface area contributed by atoms with E-state index in [1.165, 1.54) is 0 Å². The van der Waals surface area contributed by atoms with Gasteiger partial charge >= 0.3 is 0 Å². The lowest BCUT2D eigenvalue weighted by Gasteiger charge is -2.36. The molecule has 0 saturated heterocycles. The van der Waals surface area contributed by atoms with Crippen LogP contribution >= 0.6 is 0 Å². The predicted octanol–water partition coefficient (Wildman–Crippen LogP) is 2.13. The summed E-state index contributed by atoms with van der Waals surface area (Å²) < 4.78 is 5.28. The molecule has 0 radical (unpaired) electrons. The molecule has 2 N–H and O–H groups in total. The van der Waals surface area contributed by atoms with Crippen LogP contribution in [0.15, 0.2) is 30.3 Å². The van der Waals surface area contributed by atoms with Crippen molar-refractivity contribution < 1.29 is 14.6 Å². The second-order valence-corrected chi connectivity index (χ2v) is 5.32. The fourth-order valence-corrected chi connectivity index (χ4v) is 2.31. The highest BCUT2D eigenvalue weighted by Crippen LogP contribution is 2.30. The number of hydrogen-bond donors (Lipinski definition) is 2. The van der Waals surface area contributed by atoms with Gasteiger partial charge in [0.15, 0.2) is 0 Å². The highest BCUT2D eigenvalue weighted by molar-refractivity contribution is 5.95. The Morgan fingerprint density at radius 2 is 2.15 bits per heavy atom. The summed E-state index contributed by atoms with van der Waals surface area (Å²) >= 11 is 0. The van der Waals surface area contributed by atoms with Crippen LogP contribution in [0.2, 0.25) is 0 Å². The van der Waals surface area contributed by atoms with Gasteiger partial charge in [-0.25, -0.2) is 0 Å². The number of hydrogen-bond acceptors (Lipinski definition) is 3. The molecule has 1 saturated carbocycles. The molecule has 2 rings (SSSR count). The fourth-order valence-electron chi connectivity index (χ4n) is 2.31. The van der Waals surface area contributed by atoms with Crippen LogP contribution in [0.25, 0.3) is 5.57 Å². The van der Waals surface area contributed by atoms with Crippen molar-refractivity contribution >= 4 is 11.5 Å². The highest BCUT2D eigenvalue weighted by atomic mass is 16.5. The van der Waals surface area contributed by atoms with Crippen LogP contribution in [0.3, 0.4) is 0 Å². The molecule has 4 nitrogen and oxygen atoms in total. The van der Waals surface area contributed by atoms with E-state index in [0.29, 0.717) is 6.54 Å². The Bertz CT molecular complexity index is 518. The van der Waals surface area contributed by atoms with Crippen LogP contribution in [0.5, 0.6) is 5.75 Å². The van der Waals surface area contributed by atoms with Crippen LogP contribution in [-0.4, -0.2) is 30.3 Å². The fraction of sp³-hybridized carbons (Fsp3) is 0.438. The minimum Gasteiger partial charge on any atom is -0.496 e. The van der Waals surface area contributed by atoms with Crippen molar-refractivity contribution in [1.82, 2.24) is 5.32 Å². The van der Waals surface area contributed by atoms with E-state index in [9.17, 15) is 9.90 Å². The first-order valence-corrected chi connectivity index (χ1v) is 6.86. The number of ether oxygens (including phenoxy) is 1. The zero-order chi connectivity index (χ0) is 14.6. The number of rotatable bonds is 5. The maximum atomic E-state index is 11.9. The summed E-state index contributed by atoms with van der Waals surface area (Å²) in [6, 6.07) is 7.57. The summed E-state index contributed by atoms with van der Waals surface area (Å²) in [5.74, 6) is 0.556. The molecular weight excluding hydrogens is 254 g/mol. The van der Waals surface area contributed by atoms with Gasteiger partial charge in [-0.05, 0) is 37.8 Å². The van der Waals surface area contributed by atoms with E-state index in [2.05, 4.69) is 5.32 Å². The van der Waals surface area contributed by atoms with Crippen LogP contribution in [-0.2, 0) is 4.79 Å². The Balaban J connectivity index is 2.00. The van der Waals surface area contributed by atoms with Crippen LogP contribution in [0.4, 0.5) is 0 Å². The third-order valence-electron chi connectivity index (χ3n) is 3.76. The Hall–Kier alpha value is -1.81. The number of methoxy groups -OCH3 is 1. The second-order valence-electron chi connectivity index (χ2n) is 5.32. The lowest BCUT2D eigenvalue weighted by Crippen LogP contribution is -2.47. The minimum absolute atomic E-state index is 0.186. The van der Waals surface area contributed by atoms with Crippen molar-refractivity contribution in [2.45, 2.75) is 31.8 Å². The third-order valence-corrected chi connectivity index (χ3v) is 3.76. The molecule has 0 aliphatic heterocycles. The van der Waals surface area contributed by atoms with Gasteiger partial charge in [-0.15, -0.1) is 0 Å². The molecule has 0 spiro atoms. The number of aliphatic hydroxyl groups is 1. The standard InChI is InChI=1S/C16H21NO3/c1-12(13-6-3-4-7-14(13)20-2)10-15(18)17-11-16(19)8-5-9-16/h3-4,6-7,10,19H,5,8-9,11H2,1-2H3,(H,17,18). The summed E-state index contributed by atoms with van der Waals surface area (Å²) in [6.45, 7) is 2.19. The molecule has 108 valence electrons. The first-order chi connectivity index (χ1) is 9.54. The highest BCUT2D eigenvalue weighted by Gasteiger charge is 2.34. The molecule has 1 amide bonds. The first kappa shape index (κ1) is 14.6. The van der Waals surface area contributed by atoms with E-state index in [-0.39, 0.29) is 5.91 Å². The minimum atomic E-state index is -0.693. The number of carbonyl (C=O) groups excluding carboxylic acids is 1. The molecule has 0 aromatic heterocycles. The molecular formula is C16H21NO3. The van der Waals surface area contributed by atoms with Gasteiger partial charge in [-0.3, -0.25) is 4.79 Å². The lowest BCUT2D eigenvalue weighted by atomic mass is 9.80. The second kappa shape index (κ2) is 6.09. The average Bonchev–Trinajstić information content (AvgIpc) is 2.43. The Morgan fingerprint density at radius 1 is 1.45 bits per heavy atom. The van der Waals surface area contributed by atoms with E-state index in [1.54, 1.807) is 13.2 Å². The Labute approximate surface area is 119 Å². The zero-order valence-electron chi connectivity index (χ0n) is 12.0.